The maximum Gasteiger partial charge on any atom is 0.123 e. The van der Waals surface area contributed by atoms with E-state index in [-0.39, 0.29) is 17.0 Å². The minimum absolute atomic E-state index is 0.0694. The Labute approximate surface area is 115 Å². The van der Waals surface area contributed by atoms with Gasteiger partial charge in [-0.1, -0.05) is 12.1 Å². The molecule has 0 bridgehead atoms. The molecule has 0 aromatic heterocycles. The highest BCUT2D eigenvalue weighted by atomic mass is 19.1. The first-order chi connectivity index (χ1) is 8.78. The molecule has 0 amide bonds. The van der Waals surface area contributed by atoms with E-state index in [4.69, 9.17) is 4.74 Å². The summed E-state index contributed by atoms with van der Waals surface area (Å²) in [5.41, 5.74) is 0.814. The van der Waals surface area contributed by atoms with E-state index in [0.717, 1.165) is 24.9 Å². The van der Waals surface area contributed by atoms with Crippen LogP contribution >= 0.6 is 0 Å². The van der Waals surface area contributed by atoms with Crippen LogP contribution in [0, 0.1) is 5.82 Å². The summed E-state index contributed by atoms with van der Waals surface area (Å²) in [6.45, 7) is 9.35. The first kappa shape index (κ1) is 14.5. The summed E-state index contributed by atoms with van der Waals surface area (Å²) < 4.78 is 19.1. The topological polar surface area (TPSA) is 21.3 Å². The minimum atomic E-state index is -0.164. The van der Waals surface area contributed by atoms with E-state index in [1.807, 2.05) is 6.07 Å². The molecule has 1 aliphatic rings. The Kier molecular flexibility index (Phi) is 3.98. The molecule has 2 nitrogen and oxygen atoms in total. The molecule has 1 unspecified atom stereocenters. The van der Waals surface area contributed by atoms with Gasteiger partial charge in [0.05, 0.1) is 11.2 Å². The Morgan fingerprint density at radius 2 is 2.05 bits per heavy atom. The molecule has 1 fully saturated rings. The largest absolute Gasteiger partial charge is 0.368 e. The molecule has 0 spiro atoms. The Hall–Kier alpha value is -0.930. The average molecular weight is 265 g/mol. The van der Waals surface area contributed by atoms with E-state index in [0.29, 0.717) is 6.04 Å². The second-order valence-corrected chi connectivity index (χ2v) is 6.56. The van der Waals surface area contributed by atoms with Crippen molar-refractivity contribution in [3.05, 3.63) is 35.6 Å². The van der Waals surface area contributed by atoms with E-state index in [1.165, 1.54) is 6.07 Å². The van der Waals surface area contributed by atoms with Crippen LogP contribution in [-0.4, -0.2) is 23.8 Å². The first-order valence-electron chi connectivity index (χ1n) is 6.96. The number of ether oxygens (including phenoxy) is 1. The Morgan fingerprint density at radius 1 is 1.32 bits per heavy atom. The Morgan fingerprint density at radius 3 is 2.63 bits per heavy atom. The van der Waals surface area contributed by atoms with Crippen molar-refractivity contribution < 1.29 is 9.13 Å². The fraction of sp³-hybridized carbons (Fsp3) is 0.625. The van der Waals surface area contributed by atoms with Gasteiger partial charge in [0.1, 0.15) is 5.82 Å². The van der Waals surface area contributed by atoms with Crippen LogP contribution in [-0.2, 0) is 11.2 Å². The summed E-state index contributed by atoms with van der Waals surface area (Å²) in [5, 5.41) is 3.55. The van der Waals surface area contributed by atoms with Crippen molar-refractivity contribution in [3.8, 4) is 0 Å². The highest BCUT2D eigenvalue weighted by molar-refractivity contribution is 5.16. The number of halogens is 1. The number of hydrogen-bond acceptors (Lipinski definition) is 2. The zero-order valence-corrected chi connectivity index (χ0v) is 12.3. The second-order valence-electron chi connectivity index (χ2n) is 6.56. The number of benzene rings is 1. The molecule has 1 heterocycles. The smallest absolute Gasteiger partial charge is 0.123 e. The van der Waals surface area contributed by atoms with Crippen LogP contribution in [0.15, 0.2) is 24.3 Å². The lowest BCUT2D eigenvalue weighted by molar-refractivity contribution is -0.0697. The van der Waals surface area contributed by atoms with Crippen LogP contribution in [0.2, 0.25) is 0 Å². The van der Waals surface area contributed by atoms with Crippen molar-refractivity contribution in [2.45, 2.75) is 57.8 Å². The van der Waals surface area contributed by atoms with Crippen LogP contribution in [0.3, 0.4) is 0 Å². The zero-order chi connectivity index (χ0) is 14.1. The lowest BCUT2D eigenvalue weighted by Crippen LogP contribution is -2.44. The van der Waals surface area contributed by atoms with Gasteiger partial charge in [0.15, 0.2) is 0 Å². The molecule has 1 atom stereocenters. The average Bonchev–Trinajstić information content (AvgIpc) is 2.46. The fourth-order valence-electron chi connectivity index (χ4n) is 2.96. The van der Waals surface area contributed by atoms with Crippen LogP contribution in [0.1, 0.15) is 39.7 Å². The molecule has 1 saturated heterocycles. The molecular formula is C16H24FNO. The van der Waals surface area contributed by atoms with Crippen molar-refractivity contribution in [1.29, 1.82) is 0 Å². The maximum atomic E-state index is 13.1. The molecule has 1 N–H and O–H groups in total. The molecule has 3 heteroatoms. The van der Waals surface area contributed by atoms with Crippen molar-refractivity contribution in [2.75, 3.05) is 6.54 Å². The van der Waals surface area contributed by atoms with Crippen LogP contribution < -0.4 is 5.32 Å². The molecule has 0 aliphatic carbocycles. The Balaban J connectivity index is 1.86. The van der Waals surface area contributed by atoms with E-state index in [1.54, 1.807) is 12.1 Å². The number of hydrogen-bond donors (Lipinski definition) is 1. The maximum absolute atomic E-state index is 13.1. The molecule has 0 saturated carbocycles. The zero-order valence-electron chi connectivity index (χ0n) is 12.3. The first-order valence-corrected chi connectivity index (χ1v) is 6.96. The monoisotopic (exact) mass is 265 g/mol. The van der Waals surface area contributed by atoms with E-state index in [2.05, 4.69) is 33.0 Å². The van der Waals surface area contributed by atoms with Gasteiger partial charge in [-0.05, 0) is 64.8 Å². The van der Waals surface area contributed by atoms with Gasteiger partial charge in [-0.3, -0.25) is 0 Å². The molecule has 1 aromatic carbocycles. The molecule has 2 rings (SSSR count). The van der Waals surface area contributed by atoms with Crippen LogP contribution in [0.25, 0.3) is 0 Å². The van der Waals surface area contributed by atoms with Crippen LogP contribution in [0.5, 0.6) is 0 Å². The highest BCUT2D eigenvalue weighted by Crippen LogP contribution is 2.37. The van der Waals surface area contributed by atoms with Gasteiger partial charge in [0.25, 0.3) is 0 Å². The lowest BCUT2D eigenvalue weighted by Gasteiger charge is -2.27. The molecule has 19 heavy (non-hydrogen) atoms. The quantitative estimate of drug-likeness (QED) is 0.902. The third kappa shape index (κ3) is 3.77. The fourth-order valence-corrected chi connectivity index (χ4v) is 2.96. The molecule has 0 radical (unpaired) electrons. The molecule has 1 aliphatic heterocycles. The predicted molar refractivity (Wildman–Crippen MR) is 75.8 cm³/mol. The summed E-state index contributed by atoms with van der Waals surface area (Å²) in [4.78, 5) is 0. The van der Waals surface area contributed by atoms with Crippen molar-refractivity contribution >= 4 is 0 Å². The molecule has 1 aromatic rings. The van der Waals surface area contributed by atoms with Gasteiger partial charge in [0.2, 0.25) is 0 Å². The normalized spacial score (nSPS) is 24.6. The van der Waals surface area contributed by atoms with Gasteiger partial charge in [-0.2, -0.15) is 0 Å². The minimum Gasteiger partial charge on any atom is -0.368 e. The third-order valence-corrected chi connectivity index (χ3v) is 3.77. The highest BCUT2D eigenvalue weighted by Gasteiger charge is 2.45. The number of nitrogens with one attached hydrogen (secondary N) is 1. The second kappa shape index (κ2) is 5.22. The lowest BCUT2D eigenvalue weighted by atomic mass is 9.94. The van der Waals surface area contributed by atoms with Gasteiger partial charge >= 0.3 is 0 Å². The van der Waals surface area contributed by atoms with Gasteiger partial charge in [-0.25, -0.2) is 4.39 Å². The van der Waals surface area contributed by atoms with E-state index < -0.39 is 0 Å². The summed E-state index contributed by atoms with van der Waals surface area (Å²) in [5.74, 6) is -0.164. The van der Waals surface area contributed by atoms with Gasteiger partial charge < -0.3 is 10.1 Å². The van der Waals surface area contributed by atoms with E-state index >= 15 is 0 Å². The summed E-state index contributed by atoms with van der Waals surface area (Å²) in [7, 11) is 0. The van der Waals surface area contributed by atoms with E-state index in [9.17, 15) is 4.39 Å². The standard InChI is InChI=1S/C16H24FNO/c1-15(2)11-14(16(3,4)19-15)18-9-8-12-6-5-7-13(17)10-12/h5-7,10,14,18H,8-9,11H2,1-4H3. The molecule has 106 valence electrons. The van der Waals surface area contributed by atoms with Gasteiger partial charge in [0, 0.05) is 6.04 Å². The summed E-state index contributed by atoms with van der Waals surface area (Å²) in [6, 6.07) is 7.15. The Bertz CT molecular complexity index is 442. The van der Waals surface area contributed by atoms with Crippen molar-refractivity contribution in [3.63, 3.8) is 0 Å². The SMILES string of the molecule is CC1(C)CC(NCCc2cccc(F)c2)C(C)(C)O1. The third-order valence-electron chi connectivity index (χ3n) is 3.77. The van der Waals surface area contributed by atoms with Crippen molar-refractivity contribution in [2.24, 2.45) is 0 Å². The van der Waals surface area contributed by atoms with Gasteiger partial charge in [-0.15, -0.1) is 0 Å². The number of rotatable bonds is 4. The van der Waals surface area contributed by atoms with Crippen LogP contribution in [0.4, 0.5) is 4.39 Å². The predicted octanol–water partition coefficient (Wildman–Crippen LogP) is 3.30. The molecular weight excluding hydrogens is 241 g/mol. The van der Waals surface area contributed by atoms with Crippen molar-refractivity contribution in [1.82, 2.24) is 5.32 Å². The summed E-state index contributed by atoms with van der Waals surface area (Å²) >= 11 is 0. The summed E-state index contributed by atoms with van der Waals surface area (Å²) in [6.07, 6.45) is 1.84.